The van der Waals surface area contributed by atoms with Crippen LogP contribution in [0.4, 0.5) is 0 Å². The number of aromatic nitrogens is 2. The maximum absolute atomic E-state index is 10.6. The summed E-state index contributed by atoms with van der Waals surface area (Å²) in [5.41, 5.74) is 3.28. The number of aliphatic hydroxyl groups excluding tert-OH is 4. The van der Waals surface area contributed by atoms with Crippen LogP contribution in [0.5, 0.6) is 17.4 Å². The molecule has 10 nitrogen and oxygen atoms in total. The second-order valence-electron chi connectivity index (χ2n) is 9.21. The summed E-state index contributed by atoms with van der Waals surface area (Å²) in [7, 11) is 3.17. The van der Waals surface area contributed by atoms with Crippen molar-refractivity contribution >= 4 is 0 Å². The molecule has 0 saturated carbocycles. The van der Waals surface area contributed by atoms with Crippen LogP contribution in [0.25, 0.3) is 11.3 Å². The normalized spacial score (nSPS) is 23.8. The lowest BCUT2D eigenvalue weighted by molar-refractivity contribution is -0.278. The van der Waals surface area contributed by atoms with Crippen molar-refractivity contribution in [2.75, 3.05) is 20.8 Å². The predicted molar refractivity (Wildman–Crippen MR) is 135 cm³/mol. The number of methoxy groups -OCH3 is 2. The summed E-state index contributed by atoms with van der Waals surface area (Å²) < 4.78 is 24.5. The monoisotopic (exact) mass is 514 g/mol. The van der Waals surface area contributed by atoms with Crippen molar-refractivity contribution in [3.05, 3.63) is 59.7 Å². The zero-order valence-corrected chi connectivity index (χ0v) is 21.3. The Kier molecular flexibility index (Phi) is 8.35. The van der Waals surface area contributed by atoms with Crippen LogP contribution in [0, 0.1) is 0 Å². The number of hydrogen-bond acceptors (Lipinski definition) is 9. The molecule has 4 rings (SSSR count). The Hall–Kier alpha value is -3.15. The average Bonchev–Trinajstić information content (AvgIpc) is 3.27. The summed E-state index contributed by atoms with van der Waals surface area (Å²) >= 11 is 0. The number of ether oxygens (including phenoxy) is 4. The lowest BCUT2D eigenvalue weighted by atomic mass is 9.98. The van der Waals surface area contributed by atoms with E-state index >= 15 is 0 Å². The summed E-state index contributed by atoms with van der Waals surface area (Å²) in [6.45, 7) is 3.43. The third-order valence-corrected chi connectivity index (χ3v) is 6.45. The summed E-state index contributed by atoms with van der Waals surface area (Å²) in [5, 5.41) is 45.3. The van der Waals surface area contributed by atoms with Crippen molar-refractivity contribution < 1.29 is 39.4 Å². The second kappa shape index (κ2) is 11.5. The number of benzene rings is 2. The van der Waals surface area contributed by atoms with Gasteiger partial charge < -0.3 is 39.4 Å². The zero-order valence-electron chi connectivity index (χ0n) is 21.3. The van der Waals surface area contributed by atoms with E-state index in [9.17, 15) is 20.4 Å². The van der Waals surface area contributed by atoms with Gasteiger partial charge in [-0.2, -0.15) is 0 Å². The molecular weight excluding hydrogens is 480 g/mol. The number of hydrogen-bond donors (Lipinski definition) is 4. The Morgan fingerprint density at radius 1 is 0.973 bits per heavy atom. The van der Waals surface area contributed by atoms with E-state index in [0.29, 0.717) is 23.5 Å². The molecule has 0 spiro atoms. The van der Waals surface area contributed by atoms with Gasteiger partial charge in [-0.15, -0.1) is 5.10 Å². The standard InChI is InChI=1S/C27H34N2O8/c1-15(2)29-22(16-8-6-5-7-9-16)19(12-17-10-11-18(34-3)13-20(17)35-4)26(28-29)37-27-25(33)24(32)23(31)21(14-30)36-27/h5-11,13,15,21,23-25,27,30-33H,12,14H2,1-4H3/t21-,23-,24+,25-,27+/m1/s1. The smallest absolute Gasteiger partial charge is 0.239 e. The van der Waals surface area contributed by atoms with Crippen LogP contribution in [0.1, 0.15) is 31.0 Å². The number of aliphatic hydroxyl groups is 4. The Bertz CT molecular complexity index is 1180. The zero-order chi connectivity index (χ0) is 26.7. The van der Waals surface area contributed by atoms with E-state index in [1.165, 1.54) is 0 Å². The number of nitrogens with zero attached hydrogens (tertiary/aromatic N) is 2. The van der Waals surface area contributed by atoms with E-state index in [2.05, 4.69) is 0 Å². The minimum Gasteiger partial charge on any atom is -0.497 e. The van der Waals surface area contributed by atoms with Gasteiger partial charge >= 0.3 is 0 Å². The van der Waals surface area contributed by atoms with Gasteiger partial charge in [-0.1, -0.05) is 36.4 Å². The molecule has 1 aromatic heterocycles. The third-order valence-electron chi connectivity index (χ3n) is 6.45. The SMILES string of the molecule is COc1ccc(Cc2c(O[C@@H]3O[C@H](CO)[C@@H](O)[C@H](O)[C@H]3O)nn(C(C)C)c2-c2ccccc2)c(OC)c1. The van der Waals surface area contributed by atoms with Gasteiger partial charge in [0.25, 0.3) is 0 Å². The molecule has 3 aromatic rings. The van der Waals surface area contributed by atoms with Gasteiger partial charge in [-0.25, -0.2) is 0 Å². The van der Waals surface area contributed by atoms with E-state index < -0.39 is 37.3 Å². The lowest BCUT2D eigenvalue weighted by Crippen LogP contribution is -2.60. The first-order chi connectivity index (χ1) is 17.8. The van der Waals surface area contributed by atoms with E-state index in [0.717, 1.165) is 16.8 Å². The maximum atomic E-state index is 10.6. The van der Waals surface area contributed by atoms with Gasteiger partial charge in [0.1, 0.15) is 35.9 Å². The minimum absolute atomic E-state index is 0.0427. The van der Waals surface area contributed by atoms with Crippen LogP contribution < -0.4 is 14.2 Å². The molecule has 0 unspecified atom stereocenters. The highest BCUT2D eigenvalue weighted by Crippen LogP contribution is 2.38. The van der Waals surface area contributed by atoms with E-state index in [4.69, 9.17) is 24.0 Å². The van der Waals surface area contributed by atoms with E-state index in [-0.39, 0.29) is 11.9 Å². The molecule has 1 aliphatic rings. The molecular formula is C27H34N2O8. The maximum Gasteiger partial charge on any atom is 0.239 e. The van der Waals surface area contributed by atoms with Gasteiger partial charge in [0, 0.05) is 29.7 Å². The van der Waals surface area contributed by atoms with Gasteiger partial charge in [-0.05, 0) is 25.5 Å². The summed E-state index contributed by atoms with van der Waals surface area (Å²) in [4.78, 5) is 0. The van der Waals surface area contributed by atoms with Crippen LogP contribution in [0.3, 0.4) is 0 Å². The van der Waals surface area contributed by atoms with Crippen LogP contribution in [0.2, 0.25) is 0 Å². The highest BCUT2D eigenvalue weighted by atomic mass is 16.7. The molecule has 5 atom stereocenters. The first-order valence-electron chi connectivity index (χ1n) is 12.1. The summed E-state index contributed by atoms with van der Waals surface area (Å²) in [6, 6.07) is 15.2. The van der Waals surface area contributed by atoms with Crippen molar-refractivity contribution in [2.24, 2.45) is 0 Å². The van der Waals surface area contributed by atoms with Crippen LogP contribution in [-0.4, -0.2) is 81.7 Å². The molecule has 4 N–H and O–H groups in total. The molecule has 0 radical (unpaired) electrons. The Morgan fingerprint density at radius 2 is 1.70 bits per heavy atom. The van der Waals surface area contributed by atoms with E-state index in [1.54, 1.807) is 20.3 Å². The summed E-state index contributed by atoms with van der Waals surface area (Å²) in [6.07, 6.45) is -6.74. The van der Waals surface area contributed by atoms with Crippen molar-refractivity contribution in [1.82, 2.24) is 9.78 Å². The second-order valence-corrected chi connectivity index (χ2v) is 9.21. The molecule has 37 heavy (non-hydrogen) atoms. The molecule has 0 bridgehead atoms. The average molecular weight is 515 g/mol. The van der Waals surface area contributed by atoms with Crippen LogP contribution in [-0.2, 0) is 11.2 Å². The highest BCUT2D eigenvalue weighted by molar-refractivity contribution is 5.67. The Balaban J connectivity index is 1.83. The van der Waals surface area contributed by atoms with E-state index in [1.807, 2.05) is 61.0 Å². The quantitative estimate of drug-likeness (QED) is 0.338. The Labute approximate surface area is 215 Å². The fourth-order valence-electron chi connectivity index (χ4n) is 4.44. The molecule has 0 aliphatic carbocycles. The first-order valence-corrected chi connectivity index (χ1v) is 12.1. The third kappa shape index (κ3) is 5.43. The van der Waals surface area contributed by atoms with Gasteiger partial charge in [0.05, 0.1) is 26.5 Å². The van der Waals surface area contributed by atoms with Crippen molar-refractivity contribution in [1.29, 1.82) is 0 Å². The molecule has 1 aliphatic heterocycles. The predicted octanol–water partition coefficient (Wildman–Crippen LogP) is 1.92. The van der Waals surface area contributed by atoms with Gasteiger partial charge in [0.2, 0.25) is 12.2 Å². The molecule has 2 heterocycles. The summed E-state index contributed by atoms with van der Waals surface area (Å²) in [5.74, 6) is 1.46. The molecule has 200 valence electrons. The number of rotatable bonds is 9. The Morgan fingerprint density at radius 3 is 2.32 bits per heavy atom. The van der Waals surface area contributed by atoms with Gasteiger partial charge in [-0.3, -0.25) is 4.68 Å². The topological polar surface area (TPSA) is 136 Å². The molecule has 1 fully saturated rings. The van der Waals surface area contributed by atoms with Crippen molar-refractivity contribution in [3.63, 3.8) is 0 Å². The van der Waals surface area contributed by atoms with Crippen molar-refractivity contribution in [3.8, 4) is 28.6 Å². The molecule has 2 aromatic carbocycles. The fourth-order valence-corrected chi connectivity index (χ4v) is 4.44. The largest absolute Gasteiger partial charge is 0.497 e. The van der Waals surface area contributed by atoms with Gasteiger partial charge in [0.15, 0.2) is 0 Å². The van der Waals surface area contributed by atoms with Crippen LogP contribution in [0.15, 0.2) is 48.5 Å². The first kappa shape index (κ1) is 26.9. The molecule has 1 saturated heterocycles. The fraction of sp³-hybridized carbons (Fsp3) is 0.444. The highest BCUT2D eigenvalue weighted by Gasteiger charge is 2.45. The van der Waals surface area contributed by atoms with Crippen LogP contribution >= 0.6 is 0 Å². The minimum atomic E-state index is -1.57. The molecule has 0 amide bonds. The lowest BCUT2D eigenvalue weighted by Gasteiger charge is -2.39. The molecule has 10 heteroatoms. The van der Waals surface area contributed by atoms with Crippen molar-refractivity contribution in [2.45, 2.75) is 57.0 Å².